The summed E-state index contributed by atoms with van der Waals surface area (Å²) in [5, 5.41) is 0.0749. The molecule has 0 aromatic heterocycles. The third kappa shape index (κ3) is 5.60. The van der Waals surface area contributed by atoms with Crippen LogP contribution in [0.3, 0.4) is 0 Å². The standard InChI is InChI=1S/C25H24Cl2FNO6/c1-24(2,3)35-23(32)29-19-11-14(26)7-8-15(19)16(21(29)30)9-13-10-17(27)18(28)12-20(13)34-25(4,5)22(31)33-6/h7-12H,1-6H3/b16-9-. The predicted molar refractivity (Wildman–Crippen MR) is 131 cm³/mol. The molecule has 1 aliphatic rings. The van der Waals surface area contributed by atoms with Gasteiger partial charge in [0.2, 0.25) is 0 Å². The lowest BCUT2D eigenvalue weighted by Crippen LogP contribution is -2.39. The molecule has 2 aromatic carbocycles. The summed E-state index contributed by atoms with van der Waals surface area (Å²) in [6.45, 7) is 7.92. The Morgan fingerprint density at radius 3 is 2.31 bits per heavy atom. The molecule has 0 bridgehead atoms. The van der Waals surface area contributed by atoms with E-state index in [1.54, 1.807) is 32.9 Å². The number of hydrogen-bond acceptors (Lipinski definition) is 6. The summed E-state index contributed by atoms with van der Waals surface area (Å²) in [5.74, 6) is -2.23. The molecule has 0 aliphatic carbocycles. The molecule has 2 aromatic rings. The Hall–Kier alpha value is -3.10. The number of fused-ring (bicyclic) bond motifs is 1. The Morgan fingerprint density at radius 1 is 1.06 bits per heavy atom. The van der Waals surface area contributed by atoms with Crippen molar-refractivity contribution in [1.82, 2.24) is 0 Å². The highest BCUT2D eigenvalue weighted by Gasteiger charge is 2.40. The molecule has 0 saturated carbocycles. The van der Waals surface area contributed by atoms with Gasteiger partial charge in [0.05, 0.1) is 23.4 Å². The Kier molecular flexibility index (Phi) is 7.20. The van der Waals surface area contributed by atoms with Crippen LogP contribution >= 0.6 is 23.2 Å². The van der Waals surface area contributed by atoms with Gasteiger partial charge in [0.1, 0.15) is 17.2 Å². The van der Waals surface area contributed by atoms with Crippen LogP contribution in [0.15, 0.2) is 30.3 Å². The molecule has 0 radical (unpaired) electrons. The Labute approximate surface area is 212 Å². The number of halogens is 3. The lowest BCUT2D eigenvalue weighted by atomic mass is 10.0. The van der Waals surface area contributed by atoms with Gasteiger partial charge in [-0.15, -0.1) is 0 Å². The maximum absolute atomic E-state index is 14.3. The van der Waals surface area contributed by atoms with E-state index in [9.17, 15) is 18.8 Å². The fourth-order valence-corrected chi connectivity index (χ4v) is 3.69. The van der Waals surface area contributed by atoms with Gasteiger partial charge < -0.3 is 14.2 Å². The number of methoxy groups -OCH3 is 1. The van der Waals surface area contributed by atoms with Gasteiger partial charge in [-0.2, -0.15) is 0 Å². The van der Waals surface area contributed by atoms with Crippen molar-refractivity contribution in [2.75, 3.05) is 12.0 Å². The van der Waals surface area contributed by atoms with E-state index in [0.717, 1.165) is 11.0 Å². The fraction of sp³-hybridized carbons (Fsp3) is 0.320. The number of hydrogen-bond donors (Lipinski definition) is 0. The first-order valence-corrected chi connectivity index (χ1v) is 11.3. The van der Waals surface area contributed by atoms with Crippen molar-refractivity contribution in [2.45, 2.75) is 45.8 Å². The molecule has 1 aliphatic heterocycles. The van der Waals surface area contributed by atoms with Crippen LogP contribution in [-0.4, -0.2) is 36.3 Å². The number of esters is 1. The smallest absolute Gasteiger partial charge is 0.422 e. The third-order valence-electron chi connectivity index (χ3n) is 4.90. The third-order valence-corrected chi connectivity index (χ3v) is 5.42. The van der Waals surface area contributed by atoms with Gasteiger partial charge in [-0.05, 0) is 58.9 Å². The maximum atomic E-state index is 14.3. The molecule has 2 amide bonds. The second-order valence-electron chi connectivity index (χ2n) is 9.25. The molecule has 0 N–H and O–H groups in total. The quantitative estimate of drug-likeness (QED) is 0.346. The van der Waals surface area contributed by atoms with Crippen molar-refractivity contribution in [3.8, 4) is 5.75 Å². The van der Waals surface area contributed by atoms with Crippen LogP contribution in [0, 0.1) is 5.82 Å². The number of imide groups is 1. The summed E-state index contributed by atoms with van der Waals surface area (Å²) in [7, 11) is 1.20. The van der Waals surface area contributed by atoms with Crippen LogP contribution in [0.4, 0.5) is 14.9 Å². The SMILES string of the molecule is COC(=O)C(C)(C)Oc1cc(F)c(Cl)cc1/C=C1\C(=O)N(C(=O)OC(C)(C)C)c2cc(Cl)ccc21. The van der Waals surface area contributed by atoms with E-state index in [2.05, 4.69) is 0 Å². The first-order chi connectivity index (χ1) is 16.1. The molecular weight excluding hydrogens is 500 g/mol. The minimum atomic E-state index is -1.48. The van der Waals surface area contributed by atoms with E-state index in [1.165, 1.54) is 39.2 Å². The van der Waals surface area contributed by atoms with Crippen LogP contribution in [0.1, 0.15) is 45.7 Å². The number of nitrogens with zero attached hydrogens (tertiary/aromatic N) is 1. The van der Waals surface area contributed by atoms with Crippen molar-refractivity contribution in [1.29, 1.82) is 0 Å². The van der Waals surface area contributed by atoms with Crippen LogP contribution in [0.25, 0.3) is 11.6 Å². The first-order valence-electron chi connectivity index (χ1n) is 10.5. The van der Waals surface area contributed by atoms with Crippen LogP contribution < -0.4 is 9.64 Å². The van der Waals surface area contributed by atoms with E-state index < -0.39 is 35.0 Å². The van der Waals surface area contributed by atoms with Gasteiger partial charge >= 0.3 is 12.1 Å². The van der Waals surface area contributed by atoms with Crippen molar-refractivity contribution in [2.24, 2.45) is 0 Å². The van der Waals surface area contributed by atoms with Crippen molar-refractivity contribution in [3.63, 3.8) is 0 Å². The summed E-state index contributed by atoms with van der Waals surface area (Å²) >= 11 is 12.1. The largest absolute Gasteiger partial charge is 0.475 e. The topological polar surface area (TPSA) is 82.1 Å². The van der Waals surface area contributed by atoms with Crippen molar-refractivity contribution in [3.05, 3.63) is 57.3 Å². The van der Waals surface area contributed by atoms with Crippen LogP contribution in [-0.2, 0) is 19.1 Å². The van der Waals surface area contributed by atoms with Gasteiger partial charge in [0, 0.05) is 22.2 Å². The maximum Gasteiger partial charge on any atom is 0.422 e. The molecule has 0 unspecified atom stereocenters. The molecule has 0 spiro atoms. The lowest BCUT2D eigenvalue weighted by molar-refractivity contribution is -0.156. The zero-order chi connectivity index (χ0) is 26.3. The number of carbonyl (C=O) groups is 3. The summed E-state index contributed by atoms with van der Waals surface area (Å²) in [6.07, 6.45) is 0.517. The number of ether oxygens (including phenoxy) is 3. The zero-order valence-corrected chi connectivity index (χ0v) is 21.5. The van der Waals surface area contributed by atoms with E-state index in [1.807, 2.05) is 0 Å². The fourth-order valence-electron chi connectivity index (χ4n) is 3.35. The normalized spacial score (nSPS) is 14.7. The Morgan fingerprint density at radius 2 is 1.71 bits per heavy atom. The number of anilines is 1. The average Bonchev–Trinajstić information content (AvgIpc) is 3.00. The molecule has 7 nitrogen and oxygen atoms in total. The average molecular weight is 524 g/mol. The molecule has 186 valence electrons. The molecule has 35 heavy (non-hydrogen) atoms. The molecule has 1 heterocycles. The monoisotopic (exact) mass is 523 g/mol. The molecule has 0 atom stereocenters. The lowest BCUT2D eigenvalue weighted by Gasteiger charge is -2.24. The van der Waals surface area contributed by atoms with E-state index in [-0.39, 0.29) is 27.6 Å². The van der Waals surface area contributed by atoms with Crippen molar-refractivity contribution >= 4 is 58.5 Å². The van der Waals surface area contributed by atoms with Crippen LogP contribution in [0.2, 0.25) is 10.0 Å². The van der Waals surface area contributed by atoms with E-state index in [4.69, 9.17) is 37.4 Å². The molecule has 0 fully saturated rings. The number of carbonyl (C=O) groups excluding carboxylic acids is 3. The van der Waals surface area contributed by atoms with Crippen molar-refractivity contribution < 1.29 is 33.0 Å². The Bertz CT molecular complexity index is 1250. The van der Waals surface area contributed by atoms with Gasteiger partial charge in [0.25, 0.3) is 5.91 Å². The molecule has 0 saturated heterocycles. The minimum Gasteiger partial charge on any atom is -0.475 e. The zero-order valence-electron chi connectivity index (χ0n) is 20.0. The number of rotatable bonds is 4. The number of amides is 2. The highest BCUT2D eigenvalue weighted by Crippen LogP contribution is 2.42. The molecule has 10 heteroatoms. The highest BCUT2D eigenvalue weighted by molar-refractivity contribution is 6.42. The highest BCUT2D eigenvalue weighted by atomic mass is 35.5. The van der Waals surface area contributed by atoms with Gasteiger partial charge in [-0.1, -0.05) is 29.3 Å². The summed E-state index contributed by atoms with van der Waals surface area (Å²) in [6, 6.07) is 6.87. The van der Waals surface area contributed by atoms with Gasteiger partial charge in [-0.3, -0.25) is 4.79 Å². The van der Waals surface area contributed by atoms with Gasteiger partial charge in [-0.25, -0.2) is 18.9 Å². The second kappa shape index (κ2) is 9.51. The summed E-state index contributed by atoms with van der Waals surface area (Å²) in [4.78, 5) is 39.3. The van der Waals surface area contributed by atoms with Gasteiger partial charge in [0.15, 0.2) is 5.60 Å². The molecular formula is C25H24Cl2FNO6. The van der Waals surface area contributed by atoms with Crippen LogP contribution in [0.5, 0.6) is 5.75 Å². The van der Waals surface area contributed by atoms with E-state index >= 15 is 0 Å². The predicted octanol–water partition coefficient (Wildman–Crippen LogP) is 6.29. The molecule has 3 rings (SSSR count). The van der Waals surface area contributed by atoms with E-state index in [0.29, 0.717) is 10.6 Å². The summed E-state index contributed by atoms with van der Waals surface area (Å²) < 4.78 is 30.2. The second-order valence-corrected chi connectivity index (χ2v) is 10.1. The minimum absolute atomic E-state index is 0.0613. The first kappa shape index (κ1) is 26.5. The Balaban J connectivity index is 2.16. The number of benzene rings is 2. The summed E-state index contributed by atoms with van der Waals surface area (Å²) in [5.41, 5.74) is -1.42.